The minimum Gasteiger partial charge on any atom is -0.372 e. The van der Waals surface area contributed by atoms with Gasteiger partial charge in [-0.15, -0.1) is 0 Å². The number of hydrogen-bond donors (Lipinski definition) is 0. The van der Waals surface area contributed by atoms with Crippen LogP contribution in [-0.2, 0) is 10.4 Å². The van der Waals surface area contributed by atoms with Crippen molar-refractivity contribution in [2.75, 3.05) is 20.3 Å². The Hall–Kier alpha value is -1.49. The summed E-state index contributed by atoms with van der Waals surface area (Å²) in [5.41, 5.74) is -0.171. The number of aromatic nitrogens is 2. The second-order valence-electron chi connectivity index (χ2n) is 7.15. The van der Waals surface area contributed by atoms with Gasteiger partial charge in [0.05, 0.1) is 19.1 Å². The lowest BCUT2D eigenvalue weighted by atomic mass is 9.66. The Bertz CT molecular complexity index is 538. The van der Waals surface area contributed by atoms with Crippen molar-refractivity contribution in [1.82, 2.24) is 19.4 Å². The molecule has 0 saturated heterocycles. The lowest BCUT2D eigenvalue weighted by molar-refractivity contribution is -0.0864. The van der Waals surface area contributed by atoms with Crippen LogP contribution in [0.2, 0.25) is 0 Å². The van der Waals surface area contributed by atoms with Gasteiger partial charge < -0.3 is 19.1 Å². The zero-order valence-corrected chi connectivity index (χ0v) is 16.8. The number of hydrogen-bond acceptors (Lipinski definition) is 4. The Morgan fingerprint density at radius 2 is 1.88 bits per heavy atom. The summed E-state index contributed by atoms with van der Waals surface area (Å²) in [6.45, 7) is 12.8. The molecule has 1 aliphatic rings. The van der Waals surface area contributed by atoms with Gasteiger partial charge in [0.2, 0.25) is 0 Å². The van der Waals surface area contributed by atoms with Crippen LogP contribution in [0, 0.1) is 11.5 Å². The van der Waals surface area contributed by atoms with E-state index in [1.54, 1.807) is 0 Å². The largest absolute Gasteiger partial charge is 0.372 e. The van der Waals surface area contributed by atoms with E-state index in [1.165, 1.54) is 6.10 Å². The average Bonchev–Trinajstić information content (AvgIpc) is 3.30. The molecule has 25 heavy (non-hydrogen) atoms. The third-order valence-electron chi connectivity index (χ3n) is 6.08. The minimum absolute atomic E-state index is 0.0454. The average molecular weight is 348 g/mol. The van der Waals surface area contributed by atoms with Crippen LogP contribution in [0.1, 0.15) is 60.3 Å². The molecule has 0 bridgehead atoms. The van der Waals surface area contributed by atoms with Gasteiger partial charge in [0.25, 0.3) is 0 Å². The highest BCUT2D eigenvalue weighted by molar-refractivity contribution is 5.08. The van der Waals surface area contributed by atoms with Gasteiger partial charge in [-0.2, -0.15) is 0 Å². The molecule has 1 radical (unpaired) electrons. The SMILES string of the molecule is CCO[C](CC)CC(CC)(CC)C(C)(N1C=CN(C)C1)n1ccnc1. The first-order valence-corrected chi connectivity index (χ1v) is 9.58. The van der Waals surface area contributed by atoms with E-state index in [4.69, 9.17) is 4.74 Å². The van der Waals surface area contributed by atoms with Crippen molar-refractivity contribution < 1.29 is 4.74 Å². The molecular weight excluding hydrogens is 312 g/mol. The zero-order chi connectivity index (χ0) is 18.5. The molecule has 5 heteroatoms. The predicted octanol–water partition coefficient (Wildman–Crippen LogP) is 4.41. The van der Waals surface area contributed by atoms with E-state index < -0.39 is 0 Å². The Balaban J connectivity index is 2.49. The fourth-order valence-electron chi connectivity index (χ4n) is 4.25. The van der Waals surface area contributed by atoms with Crippen molar-refractivity contribution in [3.05, 3.63) is 37.2 Å². The quantitative estimate of drug-likeness (QED) is 0.628. The first-order chi connectivity index (χ1) is 12.0. The van der Waals surface area contributed by atoms with Gasteiger partial charge in [0, 0.05) is 43.9 Å². The molecule has 1 aromatic rings. The monoisotopic (exact) mass is 347 g/mol. The van der Waals surface area contributed by atoms with Crippen molar-refractivity contribution in [2.24, 2.45) is 5.41 Å². The van der Waals surface area contributed by atoms with E-state index in [1.807, 2.05) is 12.5 Å². The normalized spacial score (nSPS) is 17.6. The summed E-state index contributed by atoms with van der Waals surface area (Å²) in [6, 6.07) is 0. The Labute approximate surface area is 153 Å². The Morgan fingerprint density at radius 3 is 2.32 bits per heavy atom. The highest BCUT2D eigenvalue weighted by Gasteiger charge is 2.52. The predicted molar refractivity (Wildman–Crippen MR) is 102 cm³/mol. The lowest BCUT2D eigenvalue weighted by Gasteiger charge is -2.54. The molecule has 1 atom stereocenters. The molecule has 0 N–H and O–H groups in total. The van der Waals surface area contributed by atoms with Crippen LogP contribution < -0.4 is 0 Å². The van der Waals surface area contributed by atoms with Crippen LogP contribution in [-0.4, -0.2) is 39.7 Å². The fourth-order valence-corrected chi connectivity index (χ4v) is 4.25. The molecule has 0 fully saturated rings. The summed E-state index contributed by atoms with van der Waals surface area (Å²) >= 11 is 0. The van der Waals surface area contributed by atoms with E-state index in [9.17, 15) is 0 Å². The van der Waals surface area contributed by atoms with Crippen LogP contribution in [0.15, 0.2) is 31.1 Å². The van der Waals surface area contributed by atoms with Gasteiger partial charge in [-0.1, -0.05) is 20.8 Å². The van der Waals surface area contributed by atoms with Crippen LogP contribution in [0.5, 0.6) is 0 Å². The van der Waals surface area contributed by atoms with Gasteiger partial charge in [0.1, 0.15) is 5.66 Å². The molecular formula is C20H35N4O. The van der Waals surface area contributed by atoms with Crippen LogP contribution in [0.4, 0.5) is 0 Å². The topological polar surface area (TPSA) is 33.5 Å². The molecule has 5 nitrogen and oxygen atoms in total. The molecule has 2 rings (SSSR count). The first-order valence-electron chi connectivity index (χ1n) is 9.58. The smallest absolute Gasteiger partial charge is 0.122 e. The maximum Gasteiger partial charge on any atom is 0.122 e. The van der Waals surface area contributed by atoms with Crippen molar-refractivity contribution in [3.63, 3.8) is 0 Å². The summed E-state index contributed by atoms with van der Waals surface area (Å²) in [5.74, 6) is 0. The molecule has 141 valence electrons. The maximum absolute atomic E-state index is 5.99. The van der Waals surface area contributed by atoms with E-state index in [2.05, 4.69) is 79.6 Å². The minimum atomic E-state index is -0.216. The number of ether oxygens (including phenoxy) is 1. The second kappa shape index (κ2) is 8.26. The Kier molecular flexibility index (Phi) is 6.55. The molecule has 0 aliphatic carbocycles. The molecule has 0 amide bonds. The second-order valence-corrected chi connectivity index (χ2v) is 7.15. The summed E-state index contributed by atoms with van der Waals surface area (Å²) in [4.78, 5) is 9.02. The molecule has 0 spiro atoms. The molecule has 1 aromatic heterocycles. The van der Waals surface area contributed by atoms with E-state index in [0.29, 0.717) is 0 Å². The first kappa shape index (κ1) is 19.8. The number of nitrogens with zero attached hydrogens (tertiary/aromatic N) is 4. The van der Waals surface area contributed by atoms with Crippen LogP contribution in [0.25, 0.3) is 0 Å². The van der Waals surface area contributed by atoms with E-state index in [0.717, 1.165) is 39.0 Å². The zero-order valence-electron chi connectivity index (χ0n) is 16.8. The maximum atomic E-state index is 5.99. The third kappa shape index (κ3) is 3.57. The molecule has 0 saturated carbocycles. The summed E-state index contributed by atoms with van der Waals surface area (Å²) < 4.78 is 8.27. The third-order valence-corrected chi connectivity index (χ3v) is 6.08. The summed E-state index contributed by atoms with van der Waals surface area (Å²) in [7, 11) is 2.12. The van der Waals surface area contributed by atoms with Crippen molar-refractivity contribution in [1.29, 1.82) is 0 Å². The van der Waals surface area contributed by atoms with Crippen molar-refractivity contribution in [2.45, 2.75) is 66.0 Å². The Morgan fingerprint density at radius 1 is 1.16 bits per heavy atom. The van der Waals surface area contributed by atoms with Crippen LogP contribution >= 0.6 is 0 Å². The lowest BCUT2D eigenvalue weighted by Crippen LogP contribution is -2.58. The highest BCUT2D eigenvalue weighted by atomic mass is 16.5. The van der Waals surface area contributed by atoms with Gasteiger partial charge in [-0.3, -0.25) is 0 Å². The summed E-state index contributed by atoms with van der Waals surface area (Å²) in [6.07, 6.45) is 15.6. The number of rotatable bonds is 10. The number of imidazole rings is 1. The van der Waals surface area contributed by atoms with E-state index >= 15 is 0 Å². The van der Waals surface area contributed by atoms with Gasteiger partial charge in [0.15, 0.2) is 0 Å². The van der Waals surface area contributed by atoms with Crippen molar-refractivity contribution in [3.8, 4) is 0 Å². The highest BCUT2D eigenvalue weighted by Crippen LogP contribution is 2.51. The molecule has 1 unspecified atom stereocenters. The van der Waals surface area contributed by atoms with Crippen LogP contribution in [0.3, 0.4) is 0 Å². The van der Waals surface area contributed by atoms with E-state index in [-0.39, 0.29) is 11.1 Å². The standard InChI is InChI=1S/C20H35N4O/c1-7-18(25-10-4)15-20(8-2,9-3)19(5,23-12-11-21-16-23)24-14-13-22(6)17-24/h11-14,16H,7-10,15,17H2,1-6H3. The molecule has 2 heterocycles. The fraction of sp³-hybridized carbons (Fsp3) is 0.700. The summed E-state index contributed by atoms with van der Waals surface area (Å²) in [5, 5.41) is 0. The van der Waals surface area contributed by atoms with Gasteiger partial charge in [-0.25, -0.2) is 4.98 Å². The van der Waals surface area contributed by atoms with Gasteiger partial charge >= 0.3 is 0 Å². The molecule has 0 aromatic carbocycles. The van der Waals surface area contributed by atoms with Gasteiger partial charge in [-0.05, 0) is 39.5 Å². The molecule has 1 aliphatic heterocycles. The van der Waals surface area contributed by atoms with Crippen molar-refractivity contribution >= 4 is 0 Å².